The van der Waals surface area contributed by atoms with Gasteiger partial charge >= 0.3 is 12.1 Å². The quantitative estimate of drug-likeness (QED) is 0.804. The topological polar surface area (TPSA) is 67.9 Å². The molecule has 1 saturated heterocycles. The summed E-state index contributed by atoms with van der Waals surface area (Å²) in [6, 6.07) is 0.142. The Morgan fingerprint density at radius 1 is 1.04 bits per heavy atom. The van der Waals surface area contributed by atoms with Gasteiger partial charge in [-0.15, -0.1) is 0 Å². The molecule has 6 heteroatoms. The lowest BCUT2D eigenvalue weighted by Crippen LogP contribution is -2.49. The van der Waals surface area contributed by atoms with Gasteiger partial charge in [-0.25, -0.2) is 4.79 Å². The highest BCUT2D eigenvalue weighted by atomic mass is 16.6. The molecule has 0 radical (unpaired) electrons. The van der Waals surface area contributed by atoms with E-state index >= 15 is 0 Å². The monoisotopic (exact) mass is 328 g/mol. The summed E-state index contributed by atoms with van der Waals surface area (Å²) >= 11 is 0. The predicted molar refractivity (Wildman–Crippen MR) is 89.3 cm³/mol. The minimum Gasteiger partial charge on any atom is -0.459 e. The Balaban J connectivity index is 2.48. The zero-order valence-corrected chi connectivity index (χ0v) is 15.4. The van der Waals surface area contributed by atoms with Crippen LogP contribution in [0, 0.1) is 0 Å². The number of hydrogen-bond acceptors (Lipinski definition) is 5. The van der Waals surface area contributed by atoms with Gasteiger partial charge in [-0.05, 0) is 60.9 Å². The molecule has 134 valence electrons. The van der Waals surface area contributed by atoms with E-state index in [4.69, 9.17) is 9.47 Å². The first kappa shape index (κ1) is 19.7. The number of carbonyl (C=O) groups excluding carboxylic acids is 2. The largest absolute Gasteiger partial charge is 0.459 e. The molecule has 1 atom stereocenters. The van der Waals surface area contributed by atoms with Gasteiger partial charge in [-0.1, -0.05) is 6.42 Å². The van der Waals surface area contributed by atoms with Crippen molar-refractivity contribution in [3.05, 3.63) is 0 Å². The van der Waals surface area contributed by atoms with Crippen LogP contribution >= 0.6 is 0 Å². The number of ether oxygens (including phenoxy) is 2. The van der Waals surface area contributed by atoms with Crippen molar-refractivity contribution in [2.45, 2.75) is 78.0 Å². The standard InChI is InChI=1S/C17H32N2O4/c1-16(2,3)22-14(20)12-19-10-8-7-9-13(19)11-18-15(21)23-17(4,5)6/h13H,7-12H2,1-6H3,(H,18,21). The summed E-state index contributed by atoms with van der Waals surface area (Å²) in [4.78, 5) is 25.9. The van der Waals surface area contributed by atoms with Crippen molar-refractivity contribution in [3.63, 3.8) is 0 Å². The van der Waals surface area contributed by atoms with Crippen LogP contribution in [0.15, 0.2) is 0 Å². The Labute approximate surface area is 139 Å². The highest BCUT2D eigenvalue weighted by Gasteiger charge is 2.27. The molecule has 1 heterocycles. The van der Waals surface area contributed by atoms with Crippen LogP contribution in [0.1, 0.15) is 60.8 Å². The van der Waals surface area contributed by atoms with Gasteiger partial charge in [0.15, 0.2) is 0 Å². The van der Waals surface area contributed by atoms with E-state index in [1.165, 1.54) is 0 Å². The first-order chi connectivity index (χ1) is 10.5. The van der Waals surface area contributed by atoms with Crippen LogP contribution in [-0.2, 0) is 14.3 Å². The average molecular weight is 328 g/mol. The second-order valence-electron chi connectivity index (χ2n) is 8.09. The predicted octanol–water partition coefficient (Wildman–Crippen LogP) is 2.71. The molecule has 0 aromatic heterocycles. The van der Waals surface area contributed by atoms with Crippen molar-refractivity contribution in [1.29, 1.82) is 0 Å². The number of alkyl carbamates (subject to hydrolysis) is 1. The number of hydrogen-bond donors (Lipinski definition) is 1. The van der Waals surface area contributed by atoms with Gasteiger partial charge in [-0.2, -0.15) is 0 Å². The van der Waals surface area contributed by atoms with Crippen molar-refractivity contribution >= 4 is 12.1 Å². The molecule has 1 amide bonds. The molecule has 1 aliphatic heterocycles. The minimum atomic E-state index is -0.507. The lowest BCUT2D eigenvalue weighted by atomic mass is 10.0. The summed E-state index contributed by atoms with van der Waals surface area (Å²) in [6.45, 7) is 12.7. The van der Waals surface area contributed by atoms with Gasteiger partial charge in [0.2, 0.25) is 0 Å². The number of amides is 1. The van der Waals surface area contributed by atoms with Gasteiger partial charge in [0, 0.05) is 12.6 Å². The van der Waals surface area contributed by atoms with Crippen LogP contribution in [0.25, 0.3) is 0 Å². The molecule has 6 nitrogen and oxygen atoms in total. The van der Waals surface area contributed by atoms with E-state index in [1.54, 1.807) is 0 Å². The zero-order chi connectivity index (χ0) is 17.7. The van der Waals surface area contributed by atoms with E-state index in [0.29, 0.717) is 6.54 Å². The third-order valence-corrected chi connectivity index (χ3v) is 3.38. The molecule has 1 rings (SSSR count). The number of nitrogens with one attached hydrogen (secondary N) is 1. The zero-order valence-electron chi connectivity index (χ0n) is 15.4. The first-order valence-corrected chi connectivity index (χ1v) is 8.39. The number of piperidine rings is 1. The maximum absolute atomic E-state index is 12.0. The Morgan fingerprint density at radius 2 is 1.65 bits per heavy atom. The highest BCUT2D eigenvalue weighted by molar-refractivity contribution is 5.72. The Morgan fingerprint density at radius 3 is 2.22 bits per heavy atom. The maximum atomic E-state index is 12.0. The van der Waals surface area contributed by atoms with Gasteiger partial charge in [0.1, 0.15) is 11.2 Å². The van der Waals surface area contributed by atoms with Gasteiger partial charge < -0.3 is 14.8 Å². The molecule has 23 heavy (non-hydrogen) atoms. The Hall–Kier alpha value is -1.30. The smallest absolute Gasteiger partial charge is 0.407 e. The number of esters is 1. The van der Waals surface area contributed by atoms with Crippen molar-refractivity contribution < 1.29 is 19.1 Å². The van der Waals surface area contributed by atoms with Crippen LogP contribution < -0.4 is 5.32 Å². The summed E-state index contributed by atoms with van der Waals surface area (Å²) in [5.74, 6) is -0.221. The minimum absolute atomic E-state index is 0.142. The summed E-state index contributed by atoms with van der Waals surface area (Å²) in [5.41, 5.74) is -0.982. The summed E-state index contributed by atoms with van der Waals surface area (Å²) in [5, 5.41) is 2.81. The molecule has 1 unspecified atom stereocenters. The van der Waals surface area contributed by atoms with Gasteiger partial charge in [0.25, 0.3) is 0 Å². The second-order valence-corrected chi connectivity index (χ2v) is 8.09. The van der Waals surface area contributed by atoms with Crippen LogP contribution in [-0.4, -0.2) is 53.8 Å². The third-order valence-electron chi connectivity index (χ3n) is 3.38. The first-order valence-electron chi connectivity index (χ1n) is 8.39. The normalized spacial score (nSPS) is 20.0. The SMILES string of the molecule is CC(C)(C)OC(=O)CN1CCCCC1CNC(=O)OC(C)(C)C. The van der Waals surface area contributed by atoms with E-state index in [2.05, 4.69) is 10.2 Å². The molecular weight excluding hydrogens is 296 g/mol. The molecule has 0 spiro atoms. The van der Waals surface area contributed by atoms with Crippen molar-refractivity contribution in [2.24, 2.45) is 0 Å². The molecule has 0 bridgehead atoms. The van der Waals surface area contributed by atoms with E-state index in [1.807, 2.05) is 41.5 Å². The van der Waals surface area contributed by atoms with E-state index in [-0.39, 0.29) is 18.6 Å². The van der Waals surface area contributed by atoms with Crippen LogP contribution in [0.2, 0.25) is 0 Å². The highest BCUT2D eigenvalue weighted by Crippen LogP contribution is 2.17. The number of likely N-dealkylation sites (tertiary alicyclic amines) is 1. The summed E-state index contributed by atoms with van der Waals surface area (Å²) in [7, 11) is 0. The molecule has 0 saturated carbocycles. The van der Waals surface area contributed by atoms with E-state index in [0.717, 1.165) is 25.8 Å². The molecule has 1 fully saturated rings. The Kier molecular flexibility index (Phi) is 6.86. The van der Waals surface area contributed by atoms with Crippen LogP contribution in [0.4, 0.5) is 4.79 Å². The second kappa shape index (κ2) is 7.99. The molecule has 1 N–H and O–H groups in total. The van der Waals surface area contributed by atoms with Crippen molar-refractivity contribution in [2.75, 3.05) is 19.6 Å². The maximum Gasteiger partial charge on any atom is 0.407 e. The molecule has 1 aliphatic rings. The lowest BCUT2D eigenvalue weighted by Gasteiger charge is -2.35. The van der Waals surface area contributed by atoms with Crippen molar-refractivity contribution in [1.82, 2.24) is 10.2 Å². The summed E-state index contributed by atoms with van der Waals surface area (Å²) in [6.07, 6.45) is 2.70. The molecular formula is C17H32N2O4. The van der Waals surface area contributed by atoms with E-state index in [9.17, 15) is 9.59 Å². The number of rotatable bonds is 4. The number of nitrogens with zero attached hydrogens (tertiary/aromatic N) is 1. The molecule has 0 aromatic rings. The molecule has 0 aliphatic carbocycles. The van der Waals surface area contributed by atoms with Gasteiger partial charge in [-0.3, -0.25) is 9.69 Å². The summed E-state index contributed by atoms with van der Waals surface area (Å²) < 4.78 is 10.6. The van der Waals surface area contributed by atoms with Crippen molar-refractivity contribution in [3.8, 4) is 0 Å². The fourth-order valence-corrected chi connectivity index (χ4v) is 2.55. The third kappa shape index (κ3) is 8.79. The van der Waals surface area contributed by atoms with Crippen LogP contribution in [0.3, 0.4) is 0 Å². The Bertz CT molecular complexity index is 410. The van der Waals surface area contributed by atoms with E-state index < -0.39 is 17.3 Å². The van der Waals surface area contributed by atoms with Crippen LogP contribution in [0.5, 0.6) is 0 Å². The van der Waals surface area contributed by atoms with Gasteiger partial charge in [0.05, 0.1) is 6.54 Å². The molecule has 0 aromatic carbocycles. The average Bonchev–Trinajstić information content (AvgIpc) is 2.33. The fourth-order valence-electron chi connectivity index (χ4n) is 2.55. The fraction of sp³-hybridized carbons (Fsp3) is 0.882. The number of carbonyl (C=O) groups is 2. The lowest BCUT2D eigenvalue weighted by molar-refractivity contribution is -0.157.